The van der Waals surface area contributed by atoms with Gasteiger partial charge in [-0.15, -0.1) is 0 Å². The van der Waals surface area contributed by atoms with Gasteiger partial charge in [-0.3, -0.25) is 14.6 Å². The van der Waals surface area contributed by atoms with Crippen LogP contribution in [0.25, 0.3) is 0 Å². The van der Waals surface area contributed by atoms with Gasteiger partial charge in [-0.25, -0.2) is 4.98 Å². The third-order valence-electron chi connectivity index (χ3n) is 5.53. The molecule has 2 aliphatic rings. The van der Waals surface area contributed by atoms with Gasteiger partial charge < -0.3 is 19.2 Å². The lowest BCUT2D eigenvalue weighted by Crippen LogP contribution is -2.37. The van der Waals surface area contributed by atoms with Crippen molar-refractivity contribution in [2.75, 3.05) is 6.54 Å². The van der Waals surface area contributed by atoms with E-state index in [2.05, 4.69) is 20.4 Å². The molecule has 3 aromatic heterocycles. The molecule has 1 aliphatic carbocycles. The smallest absolute Gasteiger partial charge is 0.290 e. The summed E-state index contributed by atoms with van der Waals surface area (Å²) in [7, 11) is 0. The lowest BCUT2D eigenvalue weighted by molar-refractivity contribution is 0.0726. The van der Waals surface area contributed by atoms with Crippen molar-refractivity contribution >= 4 is 11.8 Å². The van der Waals surface area contributed by atoms with Crippen molar-refractivity contribution in [2.45, 2.75) is 45.2 Å². The number of oxazole rings is 1. The Morgan fingerprint density at radius 3 is 2.90 bits per heavy atom. The number of carbonyl (C=O) groups excluding carboxylic acids is 2. The quantitative estimate of drug-likeness (QED) is 0.690. The lowest BCUT2D eigenvalue weighted by Gasteiger charge is -2.28. The van der Waals surface area contributed by atoms with E-state index in [1.165, 1.54) is 6.39 Å². The van der Waals surface area contributed by atoms with Gasteiger partial charge in [-0.1, -0.05) is 5.16 Å². The van der Waals surface area contributed by atoms with Crippen molar-refractivity contribution in [3.05, 3.63) is 64.5 Å². The largest absolute Gasteiger partial charge is 0.448 e. The minimum Gasteiger partial charge on any atom is -0.448 e. The fourth-order valence-electron chi connectivity index (χ4n) is 3.64. The molecule has 0 bridgehead atoms. The summed E-state index contributed by atoms with van der Waals surface area (Å²) in [5.41, 5.74) is 3.99. The van der Waals surface area contributed by atoms with Gasteiger partial charge in [-0.05, 0) is 37.0 Å². The van der Waals surface area contributed by atoms with Crippen molar-refractivity contribution in [1.29, 1.82) is 0 Å². The molecular weight excluding hydrogens is 386 g/mol. The van der Waals surface area contributed by atoms with Gasteiger partial charge in [0.2, 0.25) is 5.76 Å². The van der Waals surface area contributed by atoms with Crippen LogP contribution in [-0.4, -0.2) is 38.4 Å². The first-order valence-electron chi connectivity index (χ1n) is 9.99. The van der Waals surface area contributed by atoms with Crippen LogP contribution in [0.2, 0.25) is 0 Å². The van der Waals surface area contributed by atoms with Gasteiger partial charge in [0, 0.05) is 49.9 Å². The van der Waals surface area contributed by atoms with Crippen molar-refractivity contribution in [1.82, 2.24) is 25.3 Å². The van der Waals surface area contributed by atoms with Crippen molar-refractivity contribution < 1.29 is 18.5 Å². The van der Waals surface area contributed by atoms with Gasteiger partial charge in [0.15, 0.2) is 12.1 Å². The number of hydrogen-bond donors (Lipinski definition) is 1. The van der Waals surface area contributed by atoms with E-state index in [-0.39, 0.29) is 17.6 Å². The van der Waals surface area contributed by atoms with E-state index in [1.807, 2.05) is 6.07 Å². The Morgan fingerprint density at radius 1 is 1.27 bits per heavy atom. The van der Waals surface area contributed by atoms with Crippen LogP contribution in [0.4, 0.5) is 0 Å². The molecule has 9 heteroatoms. The number of aryl methyl sites for hydroxylation is 1. The van der Waals surface area contributed by atoms with Crippen LogP contribution in [0.1, 0.15) is 68.1 Å². The van der Waals surface area contributed by atoms with Gasteiger partial charge in [-0.2, -0.15) is 0 Å². The molecule has 2 amide bonds. The fraction of sp³-hybridized carbons (Fsp3) is 0.381. The SMILES string of the molecule is Cc1ocnc1C(=O)N1CCc2ncc(CNC(=O)c3cc(C4CC4)no3)cc2C1. The maximum atomic E-state index is 12.7. The Balaban J connectivity index is 1.24. The maximum Gasteiger partial charge on any atom is 0.290 e. The molecule has 3 aromatic rings. The number of aromatic nitrogens is 3. The zero-order valence-corrected chi connectivity index (χ0v) is 16.6. The summed E-state index contributed by atoms with van der Waals surface area (Å²) in [4.78, 5) is 35.3. The van der Waals surface area contributed by atoms with E-state index in [0.717, 1.165) is 35.4 Å². The second-order valence-electron chi connectivity index (χ2n) is 7.76. The van der Waals surface area contributed by atoms with Crippen LogP contribution in [0, 0.1) is 6.92 Å². The van der Waals surface area contributed by atoms with Crippen molar-refractivity contribution in [3.63, 3.8) is 0 Å². The third-order valence-corrected chi connectivity index (χ3v) is 5.53. The summed E-state index contributed by atoms with van der Waals surface area (Å²) in [5.74, 6) is 0.722. The molecular formula is C21H21N5O4. The van der Waals surface area contributed by atoms with Crippen molar-refractivity contribution in [3.8, 4) is 0 Å². The highest BCUT2D eigenvalue weighted by atomic mass is 16.5. The second-order valence-corrected chi connectivity index (χ2v) is 7.76. The molecule has 0 saturated heterocycles. The van der Waals surface area contributed by atoms with E-state index >= 15 is 0 Å². The highest BCUT2D eigenvalue weighted by Gasteiger charge is 2.28. The normalized spacial score (nSPS) is 15.7. The topological polar surface area (TPSA) is 114 Å². The van der Waals surface area contributed by atoms with E-state index < -0.39 is 0 Å². The Bertz CT molecular complexity index is 1110. The van der Waals surface area contributed by atoms with Gasteiger partial charge in [0.05, 0.1) is 5.69 Å². The molecule has 1 fully saturated rings. The standard InChI is InChI=1S/C21H21N5O4/c1-12-19(24-11-29-12)21(28)26-5-4-16-15(10-26)6-13(8-22-16)9-23-20(27)18-7-17(25-30-18)14-2-3-14/h6-8,11,14H,2-5,9-10H2,1H3,(H,23,27). The molecule has 30 heavy (non-hydrogen) atoms. The molecule has 0 aromatic carbocycles. The zero-order chi connectivity index (χ0) is 20.7. The number of nitrogens with zero attached hydrogens (tertiary/aromatic N) is 4. The molecule has 0 radical (unpaired) electrons. The van der Waals surface area contributed by atoms with E-state index in [1.54, 1.807) is 24.1 Å². The van der Waals surface area contributed by atoms with Crippen LogP contribution >= 0.6 is 0 Å². The first kappa shape index (κ1) is 18.5. The monoisotopic (exact) mass is 407 g/mol. The van der Waals surface area contributed by atoms with Crippen LogP contribution in [-0.2, 0) is 19.5 Å². The predicted molar refractivity (Wildman–Crippen MR) is 104 cm³/mol. The van der Waals surface area contributed by atoms with Gasteiger partial charge >= 0.3 is 0 Å². The average Bonchev–Trinajstić information content (AvgIpc) is 3.33. The predicted octanol–water partition coefficient (Wildman–Crippen LogP) is 2.37. The van der Waals surface area contributed by atoms with Crippen LogP contribution < -0.4 is 5.32 Å². The Kier molecular flexibility index (Phi) is 4.57. The number of rotatable bonds is 5. The number of fused-ring (bicyclic) bond motifs is 1. The third kappa shape index (κ3) is 3.58. The Hall–Kier alpha value is -3.49. The minimum absolute atomic E-state index is 0.151. The molecule has 0 atom stereocenters. The Labute approximate surface area is 172 Å². The summed E-state index contributed by atoms with van der Waals surface area (Å²) in [5, 5.41) is 6.81. The summed E-state index contributed by atoms with van der Waals surface area (Å²) in [6, 6.07) is 3.70. The highest BCUT2D eigenvalue weighted by Crippen LogP contribution is 2.39. The average molecular weight is 407 g/mol. The number of hydrogen-bond acceptors (Lipinski definition) is 7. The maximum absolute atomic E-state index is 12.7. The first-order valence-corrected chi connectivity index (χ1v) is 9.99. The van der Waals surface area contributed by atoms with Crippen molar-refractivity contribution in [2.24, 2.45) is 0 Å². The van der Waals surface area contributed by atoms with E-state index in [0.29, 0.717) is 43.4 Å². The molecule has 1 N–H and O–H groups in total. The minimum atomic E-state index is -0.301. The first-order chi connectivity index (χ1) is 14.6. The van der Waals surface area contributed by atoms with Crippen LogP contribution in [0.5, 0.6) is 0 Å². The number of pyridine rings is 1. The summed E-state index contributed by atoms with van der Waals surface area (Å²) in [6.07, 6.45) is 5.92. The highest BCUT2D eigenvalue weighted by molar-refractivity contribution is 5.93. The summed E-state index contributed by atoms with van der Waals surface area (Å²) >= 11 is 0. The van der Waals surface area contributed by atoms with Gasteiger partial charge in [0.25, 0.3) is 11.8 Å². The number of carbonyl (C=O) groups is 2. The van der Waals surface area contributed by atoms with E-state index in [4.69, 9.17) is 8.94 Å². The molecule has 1 aliphatic heterocycles. The van der Waals surface area contributed by atoms with Crippen LogP contribution in [0.15, 0.2) is 33.7 Å². The molecule has 4 heterocycles. The lowest BCUT2D eigenvalue weighted by atomic mass is 10.0. The molecule has 0 unspecified atom stereocenters. The Morgan fingerprint density at radius 2 is 2.13 bits per heavy atom. The molecule has 0 spiro atoms. The fourth-order valence-corrected chi connectivity index (χ4v) is 3.64. The zero-order valence-electron chi connectivity index (χ0n) is 16.6. The summed E-state index contributed by atoms with van der Waals surface area (Å²) < 4.78 is 10.3. The van der Waals surface area contributed by atoms with E-state index in [9.17, 15) is 9.59 Å². The number of nitrogens with one attached hydrogen (secondary N) is 1. The molecule has 5 rings (SSSR count). The molecule has 9 nitrogen and oxygen atoms in total. The molecule has 1 saturated carbocycles. The number of amides is 2. The second kappa shape index (κ2) is 7.40. The molecule has 154 valence electrons. The van der Waals surface area contributed by atoms with Gasteiger partial charge in [0.1, 0.15) is 5.76 Å². The summed E-state index contributed by atoms with van der Waals surface area (Å²) in [6.45, 7) is 3.07. The van der Waals surface area contributed by atoms with Crippen LogP contribution in [0.3, 0.4) is 0 Å².